The van der Waals surface area contributed by atoms with Crippen LogP contribution in [0.2, 0.25) is 0 Å². The first-order valence-electron chi connectivity index (χ1n) is 14.4. The van der Waals surface area contributed by atoms with E-state index in [-0.39, 0.29) is 18.2 Å². The van der Waals surface area contributed by atoms with Gasteiger partial charge in [0.05, 0.1) is 9.75 Å². The Balaban J connectivity index is 1.46. The fourth-order valence-corrected chi connectivity index (χ4v) is 7.67. The summed E-state index contributed by atoms with van der Waals surface area (Å²) >= 11 is 4.74. The highest BCUT2D eigenvalue weighted by Gasteiger charge is 2.15. The highest BCUT2D eigenvalue weighted by molar-refractivity contribution is 7.99. The maximum absolute atomic E-state index is 11.8. The smallest absolute Gasteiger partial charge is 0.341 e. The van der Waals surface area contributed by atoms with Gasteiger partial charge in [-0.05, 0) is 96.6 Å². The summed E-state index contributed by atoms with van der Waals surface area (Å²) in [6.45, 7) is 4.98. The summed E-state index contributed by atoms with van der Waals surface area (Å²) in [4.78, 5) is 39.2. The summed E-state index contributed by atoms with van der Waals surface area (Å²) < 4.78 is 5.28. The third kappa shape index (κ3) is 8.08. The van der Waals surface area contributed by atoms with Crippen molar-refractivity contribution in [2.24, 2.45) is 0 Å². The molecule has 3 aromatic carbocycles. The number of hydrogen-bond acceptors (Lipinski definition) is 7. The van der Waals surface area contributed by atoms with Crippen molar-refractivity contribution in [1.29, 1.82) is 0 Å². The molecule has 0 saturated heterocycles. The molecule has 0 radical (unpaired) electrons. The zero-order valence-corrected chi connectivity index (χ0v) is 27.6. The van der Waals surface area contributed by atoms with Gasteiger partial charge in [-0.1, -0.05) is 61.0 Å². The molecule has 2 aromatic heterocycles. The summed E-state index contributed by atoms with van der Waals surface area (Å²) in [5.41, 5.74) is 6.83. The molecule has 0 saturated carbocycles. The van der Waals surface area contributed by atoms with E-state index in [9.17, 15) is 14.4 Å². The molecular formula is C37H32O5S3. The molecule has 8 heteroatoms. The Morgan fingerprint density at radius 3 is 1.58 bits per heavy atom. The van der Waals surface area contributed by atoms with E-state index in [0.717, 1.165) is 58.8 Å². The molecule has 0 bridgehead atoms. The summed E-state index contributed by atoms with van der Waals surface area (Å²) in [6.07, 6.45) is 0.853. The molecule has 0 aliphatic heterocycles. The molecule has 0 amide bonds. The van der Waals surface area contributed by atoms with Crippen LogP contribution in [0.4, 0.5) is 0 Å². The van der Waals surface area contributed by atoms with Crippen LogP contribution in [0, 0.1) is 0 Å². The number of carboxylic acid groups (broad SMARTS) is 1. The van der Waals surface area contributed by atoms with Crippen molar-refractivity contribution in [1.82, 2.24) is 0 Å². The van der Waals surface area contributed by atoms with Crippen molar-refractivity contribution in [3.63, 3.8) is 0 Å². The molecule has 0 unspecified atom stereocenters. The minimum atomic E-state index is -1.01. The third-order valence-electron chi connectivity index (χ3n) is 7.20. The summed E-state index contributed by atoms with van der Waals surface area (Å²) in [7, 11) is 0. The molecule has 5 aromatic rings. The van der Waals surface area contributed by atoms with Gasteiger partial charge in [-0.15, -0.1) is 34.4 Å². The Labute approximate surface area is 275 Å². The highest BCUT2D eigenvalue weighted by Crippen LogP contribution is 2.37. The fourth-order valence-electron chi connectivity index (χ4n) is 4.84. The van der Waals surface area contributed by atoms with E-state index < -0.39 is 5.97 Å². The third-order valence-corrected chi connectivity index (χ3v) is 10.8. The molecule has 0 aliphatic rings. The largest absolute Gasteiger partial charge is 0.482 e. The van der Waals surface area contributed by atoms with Crippen LogP contribution >= 0.6 is 34.4 Å². The number of ether oxygens (including phenoxy) is 1. The van der Waals surface area contributed by atoms with Gasteiger partial charge in [0, 0.05) is 20.4 Å². The number of benzene rings is 3. The van der Waals surface area contributed by atoms with Crippen molar-refractivity contribution in [2.45, 2.75) is 32.1 Å². The number of carbonyl (C=O) groups excluding carboxylic acids is 2. The van der Waals surface area contributed by atoms with Crippen molar-refractivity contribution in [3.05, 3.63) is 124 Å². The number of ketones is 2. The Bertz CT molecular complexity index is 1750. The quantitative estimate of drug-likeness (QED) is 0.101. The zero-order valence-electron chi connectivity index (χ0n) is 25.2. The highest BCUT2D eigenvalue weighted by atomic mass is 32.2. The predicted molar refractivity (Wildman–Crippen MR) is 186 cm³/mol. The number of carbonyl (C=O) groups is 3. The van der Waals surface area contributed by atoms with Gasteiger partial charge in [-0.2, -0.15) is 0 Å². The van der Waals surface area contributed by atoms with Gasteiger partial charge in [-0.25, -0.2) is 4.79 Å². The monoisotopic (exact) mass is 652 g/mol. The van der Waals surface area contributed by atoms with Crippen LogP contribution in [0.5, 0.6) is 5.75 Å². The van der Waals surface area contributed by atoms with Crippen LogP contribution in [0.25, 0.3) is 26.5 Å². The molecule has 0 aliphatic carbocycles. The number of Topliss-reactive ketones (excluding diaryl/α,β-unsaturated/α-hetero) is 2. The lowest BCUT2D eigenvalue weighted by molar-refractivity contribution is -0.139. The topological polar surface area (TPSA) is 80.7 Å². The van der Waals surface area contributed by atoms with Crippen LogP contribution in [0.1, 0.15) is 57.7 Å². The molecule has 0 spiro atoms. The molecule has 0 fully saturated rings. The van der Waals surface area contributed by atoms with E-state index in [1.54, 1.807) is 37.7 Å². The maximum Gasteiger partial charge on any atom is 0.341 e. The molecule has 2 heterocycles. The van der Waals surface area contributed by atoms with Crippen molar-refractivity contribution in [2.75, 3.05) is 12.4 Å². The lowest BCUT2D eigenvalue weighted by Crippen LogP contribution is -2.09. The molecule has 45 heavy (non-hydrogen) atoms. The number of hydrogen-bond donors (Lipinski definition) is 1. The molecule has 5 rings (SSSR count). The Kier molecular flexibility index (Phi) is 10.5. The van der Waals surface area contributed by atoms with Gasteiger partial charge in [0.25, 0.3) is 0 Å². The van der Waals surface area contributed by atoms with E-state index in [2.05, 4.69) is 55.5 Å². The number of rotatable bonds is 13. The van der Waals surface area contributed by atoms with E-state index in [0.29, 0.717) is 5.75 Å². The van der Waals surface area contributed by atoms with Crippen LogP contribution in [-0.2, 0) is 4.79 Å². The summed E-state index contributed by atoms with van der Waals surface area (Å²) in [6, 6.07) is 32.3. The normalized spacial score (nSPS) is 10.8. The first-order valence-corrected chi connectivity index (χ1v) is 17.1. The van der Waals surface area contributed by atoms with Gasteiger partial charge in [0.15, 0.2) is 18.2 Å². The van der Waals surface area contributed by atoms with E-state index in [1.165, 1.54) is 33.8 Å². The average molecular weight is 653 g/mol. The van der Waals surface area contributed by atoms with E-state index in [4.69, 9.17) is 9.84 Å². The molecule has 1 N–H and O–H groups in total. The minimum Gasteiger partial charge on any atom is -0.482 e. The Morgan fingerprint density at radius 1 is 0.689 bits per heavy atom. The number of thioether (sulfide) groups is 1. The number of aliphatic carboxylic acids is 1. The van der Waals surface area contributed by atoms with Gasteiger partial charge in [0.2, 0.25) is 0 Å². The Hall–Kier alpha value is -4.24. The summed E-state index contributed by atoms with van der Waals surface area (Å²) in [5.74, 6) is 0.432. The second-order valence-electron chi connectivity index (χ2n) is 10.4. The zero-order chi connectivity index (χ0) is 31.9. The first-order chi connectivity index (χ1) is 21.7. The first kappa shape index (κ1) is 32.2. The average Bonchev–Trinajstić information content (AvgIpc) is 3.75. The predicted octanol–water partition coefficient (Wildman–Crippen LogP) is 10.0. The van der Waals surface area contributed by atoms with Crippen LogP contribution in [0.15, 0.2) is 108 Å². The van der Waals surface area contributed by atoms with Gasteiger partial charge in [0.1, 0.15) is 5.75 Å². The maximum atomic E-state index is 11.8. The number of carboxylic acids is 1. The standard InChI is InChI=1S/C37H32O5S3/c1-4-25(22-43-31-15-13-30(14-16-31)42-21-36(40)41)37(28-9-5-26(6-10-28)34-19-17-32(44-34)23(2)38)29-11-7-27(8-12-29)35-20-18-33(45-35)24(3)39/h5-20H,4,21-22H2,1-3H3,(H,40,41). The SMILES string of the molecule is CCC(CSc1ccc(OCC(=O)O)cc1)=C(c1ccc(-c2ccc(C(C)=O)s2)cc1)c1ccc(-c2ccc(C(C)=O)s2)cc1. The molecule has 228 valence electrons. The van der Waals surface area contributed by atoms with Crippen molar-refractivity contribution < 1.29 is 24.2 Å². The minimum absolute atomic E-state index is 0.0733. The van der Waals surface area contributed by atoms with E-state index in [1.807, 2.05) is 36.4 Å². The van der Waals surface area contributed by atoms with Gasteiger partial charge in [-0.3, -0.25) is 9.59 Å². The fraction of sp³-hybridized carbons (Fsp3) is 0.162. The van der Waals surface area contributed by atoms with Gasteiger partial charge >= 0.3 is 5.97 Å². The number of thiophene rings is 2. The van der Waals surface area contributed by atoms with Crippen LogP contribution in [0.3, 0.4) is 0 Å². The van der Waals surface area contributed by atoms with Crippen LogP contribution in [-0.4, -0.2) is 35.0 Å². The Morgan fingerprint density at radius 2 is 1.18 bits per heavy atom. The second-order valence-corrected chi connectivity index (χ2v) is 13.6. The molecule has 0 atom stereocenters. The lowest BCUT2D eigenvalue weighted by Gasteiger charge is -2.17. The second kappa shape index (κ2) is 14.7. The van der Waals surface area contributed by atoms with Crippen molar-refractivity contribution in [3.8, 4) is 26.6 Å². The lowest BCUT2D eigenvalue weighted by atomic mass is 9.91. The van der Waals surface area contributed by atoms with Gasteiger partial charge < -0.3 is 9.84 Å². The van der Waals surface area contributed by atoms with E-state index >= 15 is 0 Å². The van der Waals surface area contributed by atoms with Crippen molar-refractivity contribution >= 4 is 57.5 Å². The summed E-state index contributed by atoms with van der Waals surface area (Å²) in [5, 5.41) is 8.87. The molecule has 5 nitrogen and oxygen atoms in total. The molecular weight excluding hydrogens is 621 g/mol. The van der Waals surface area contributed by atoms with Crippen LogP contribution < -0.4 is 4.74 Å².